The van der Waals surface area contributed by atoms with Crippen LogP contribution in [0.25, 0.3) is 16.2 Å². The summed E-state index contributed by atoms with van der Waals surface area (Å²) in [7, 11) is 0. The minimum Gasteiger partial charge on any atom is -0.330 e. The van der Waals surface area contributed by atoms with Gasteiger partial charge in [-0.15, -0.1) is 5.10 Å². The van der Waals surface area contributed by atoms with Gasteiger partial charge in [0, 0.05) is 42.3 Å². The Morgan fingerprint density at radius 2 is 2.18 bits per heavy atom. The van der Waals surface area contributed by atoms with Gasteiger partial charge in [-0.05, 0) is 49.2 Å². The van der Waals surface area contributed by atoms with E-state index in [9.17, 15) is 4.79 Å². The zero-order chi connectivity index (χ0) is 19.1. The van der Waals surface area contributed by atoms with Crippen LogP contribution in [0.15, 0.2) is 48.9 Å². The summed E-state index contributed by atoms with van der Waals surface area (Å²) in [6, 6.07) is 9.99. The molecule has 140 valence electrons. The molecule has 1 aliphatic rings. The maximum absolute atomic E-state index is 12.1. The van der Waals surface area contributed by atoms with Crippen molar-refractivity contribution in [2.45, 2.75) is 19.8 Å². The lowest BCUT2D eigenvalue weighted by Gasteiger charge is -2.28. The molecule has 0 spiro atoms. The number of nitrogens with zero attached hydrogens (tertiary/aromatic N) is 5. The smallest absolute Gasteiger partial charge is 0.227 e. The Bertz CT molecular complexity index is 1130. The number of rotatable bonds is 4. The molecule has 4 aromatic rings. The van der Waals surface area contributed by atoms with Crippen molar-refractivity contribution < 1.29 is 4.79 Å². The van der Waals surface area contributed by atoms with Gasteiger partial charge >= 0.3 is 0 Å². The number of fused-ring (bicyclic) bond motifs is 2. The van der Waals surface area contributed by atoms with Gasteiger partial charge in [0.1, 0.15) is 0 Å². The normalized spacial score (nSPS) is 13.8. The number of hydrogen-bond acceptors (Lipinski definition) is 6. The van der Waals surface area contributed by atoms with Gasteiger partial charge in [0.15, 0.2) is 0 Å². The number of imidazole rings is 1. The summed E-state index contributed by atoms with van der Waals surface area (Å²) in [5, 5.41) is 8.73. The quantitative estimate of drug-likeness (QED) is 0.572. The highest BCUT2D eigenvalue weighted by molar-refractivity contribution is 7.20. The Kier molecular flexibility index (Phi) is 4.05. The number of hydrogen-bond donors (Lipinski definition) is 1. The lowest BCUT2D eigenvalue weighted by Crippen LogP contribution is -2.34. The summed E-state index contributed by atoms with van der Waals surface area (Å²) in [5.74, 6) is 0.196. The highest BCUT2D eigenvalue weighted by Gasteiger charge is 2.23. The largest absolute Gasteiger partial charge is 0.330 e. The molecule has 28 heavy (non-hydrogen) atoms. The fourth-order valence-corrected chi connectivity index (χ4v) is 4.31. The van der Waals surface area contributed by atoms with E-state index in [-0.39, 0.29) is 5.91 Å². The number of anilines is 3. The number of nitrogens with one attached hydrogen (secondary N) is 1. The summed E-state index contributed by atoms with van der Waals surface area (Å²) in [6.45, 7) is 2.70. The molecule has 1 aliphatic heterocycles. The second-order valence-electron chi connectivity index (χ2n) is 6.61. The van der Waals surface area contributed by atoms with Crippen molar-refractivity contribution >= 4 is 38.7 Å². The van der Waals surface area contributed by atoms with Crippen LogP contribution in [0.4, 0.5) is 16.5 Å². The van der Waals surface area contributed by atoms with Gasteiger partial charge in [0.25, 0.3) is 0 Å². The minimum absolute atomic E-state index is 0.196. The van der Waals surface area contributed by atoms with E-state index in [0.717, 1.165) is 39.1 Å². The zero-order valence-electron chi connectivity index (χ0n) is 15.3. The van der Waals surface area contributed by atoms with Crippen LogP contribution in [0.5, 0.6) is 0 Å². The molecular weight excluding hydrogens is 372 g/mol. The number of carbonyl (C=O) groups is 1. The molecule has 0 fully saturated rings. The van der Waals surface area contributed by atoms with Gasteiger partial charge < -0.3 is 10.2 Å². The van der Waals surface area contributed by atoms with Gasteiger partial charge in [-0.2, -0.15) is 0 Å². The lowest BCUT2D eigenvalue weighted by molar-refractivity contribution is -0.118. The van der Waals surface area contributed by atoms with Crippen LogP contribution in [-0.2, 0) is 11.2 Å². The molecule has 1 N–H and O–H groups in total. The molecule has 4 heterocycles. The van der Waals surface area contributed by atoms with Crippen molar-refractivity contribution in [1.82, 2.24) is 19.6 Å². The van der Waals surface area contributed by atoms with E-state index in [1.54, 1.807) is 16.9 Å². The van der Waals surface area contributed by atoms with Crippen molar-refractivity contribution in [2.75, 3.05) is 16.8 Å². The van der Waals surface area contributed by atoms with Crippen LogP contribution in [0.3, 0.4) is 0 Å². The summed E-state index contributed by atoms with van der Waals surface area (Å²) < 4.78 is 1.78. The molecule has 5 rings (SSSR count). The summed E-state index contributed by atoms with van der Waals surface area (Å²) >= 11 is 1.50. The monoisotopic (exact) mass is 390 g/mol. The molecule has 1 aromatic carbocycles. The molecule has 0 saturated carbocycles. The highest BCUT2D eigenvalue weighted by atomic mass is 32.1. The molecule has 0 atom stereocenters. The van der Waals surface area contributed by atoms with E-state index in [1.807, 2.05) is 42.3 Å². The van der Waals surface area contributed by atoms with E-state index in [4.69, 9.17) is 0 Å². The minimum atomic E-state index is 0.196. The molecule has 0 unspecified atom stereocenters. The summed E-state index contributed by atoms with van der Waals surface area (Å²) in [6.07, 6.45) is 6.79. The third kappa shape index (κ3) is 2.91. The Labute approximate surface area is 165 Å². The van der Waals surface area contributed by atoms with E-state index in [2.05, 4.69) is 26.4 Å². The maximum atomic E-state index is 12.1. The van der Waals surface area contributed by atoms with Crippen molar-refractivity contribution in [2.24, 2.45) is 0 Å². The molecule has 0 saturated heterocycles. The topological polar surface area (TPSA) is 75.4 Å². The molecule has 1 amide bonds. The fraction of sp³-hybridized carbons (Fsp3) is 0.200. The molecule has 7 nitrogen and oxygen atoms in total. The Hall–Kier alpha value is -3.26. The predicted octanol–water partition coefficient (Wildman–Crippen LogP) is 3.90. The average molecular weight is 390 g/mol. The highest BCUT2D eigenvalue weighted by Crippen LogP contribution is 2.32. The first-order valence-electron chi connectivity index (χ1n) is 9.18. The van der Waals surface area contributed by atoms with Gasteiger partial charge in [0.05, 0.1) is 11.9 Å². The number of carbonyl (C=O) groups excluding carboxylic acids is 1. The Morgan fingerprint density at radius 3 is 2.96 bits per heavy atom. The van der Waals surface area contributed by atoms with Gasteiger partial charge in [0.2, 0.25) is 16.0 Å². The molecular formula is C20H18N6OS. The Morgan fingerprint density at radius 1 is 1.25 bits per heavy atom. The van der Waals surface area contributed by atoms with E-state index < -0.39 is 0 Å². The van der Waals surface area contributed by atoms with Crippen molar-refractivity contribution in [1.29, 1.82) is 0 Å². The predicted molar refractivity (Wildman–Crippen MR) is 110 cm³/mol. The summed E-state index contributed by atoms with van der Waals surface area (Å²) in [5.41, 5.74) is 5.00. The number of pyridine rings is 1. The Balaban J connectivity index is 1.40. The average Bonchev–Trinajstić information content (AvgIpc) is 3.27. The van der Waals surface area contributed by atoms with Crippen molar-refractivity contribution in [3.8, 4) is 11.3 Å². The van der Waals surface area contributed by atoms with Crippen LogP contribution in [0.2, 0.25) is 0 Å². The fourth-order valence-electron chi connectivity index (χ4n) is 3.51. The van der Waals surface area contributed by atoms with Crippen LogP contribution in [0.1, 0.15) is 18.9 Å². The molecule has 0 aliphatic carbocycles. The van der Waals surface area contributed by atoms with Crippen LogP contribution >= 0.6 is 11.3 Å². The van der Waals surface area contributed by atoms with Crippen LogP contribution in [0, 0.1) is 0 Å². The standard InChI is InChI=1S/C20H18N6OS/c1-2-25-17-7-6-15(10-13(17)5-8-18(25)27)22-19-24-26-12-16(23-20(26)28-19)14-4-3-9-21-11-14/h3-4,6-7,9-12H,2,5,8H2,1H3,(H,22,24). The number of benzene rings is 1. The van der Waals surface area contributed by atoms with E-state index >= 15 is 0 Å². The molecule has 8 heteroatoms. The lowest BCUT2D eigenvalue weighted by atomic mass is 10.0. The van der Waals surface area contributed by atoms with Crippen LogP contribution < -0.4 is 10.2 Å². The first kappa shape index (κ1) is 16.9. The second-order valence-corrected chi connectivity index (χ2v) is 7.56. The first-order valence-corrected chi connectivity index (χ1v) is 10.00. The van der Waals surface area contributed by atoms with Crippen molar-refractivity contribution in [3.63, 3.8) is 0 Å². The molecule has 0 bridgehead atoms. The zero-order valence-corrected chi connectivity index (χ0v) is 16.1. The third-order valence-corrected chi connectivity index (χ3v) is 5.69. The van der Waals surface area contributed by atoms with Gasteiger partial charge in [-0.3, -0.25) is 9.78 Å². The first-order chi connectivity index (χ1) is 13.7. The van der Waals surface area contributed by atoms with Gasteiger partial charge in [-0.25, -0.2) is 9.50 Å². The number of aromatic nitrogens is 4. The van der Waals surface area contributed by atoms with Crippen LogP contribution in [-0.4, -0.2) is 32.0 Å². The second kappa shape index (κ2) is 6.72. The number of amides is 1. The van der Waals surface area contributed by atoms with E-state index in [1.165, 1.54) is 16.9 Å². The molecule has 3 aromatic heterocycles. The van der Waals surface area contributed by atoms with Gasteiger partial charge in [-0.1, -0.05) is 11.3 Å². The summed E-state index contributed by atoms with van der Waals surface area (Å²) in [4.78, 5) is 23.5. The maximum Gasteiger partial charge on any atom is 0.227 e. The van der Waals surface area contributed by atoms with Crippen molar-refractivity contribution in [3.05, 3.63) is 54.5 Å². The SMILES string of the molecule is CCN1C(=O)CCc2cc(Nc3nn4cc(-c5cccnc5)nc4s3)ccc21. The number of aryl methyl sites for hydroxylation is 1. The molecule has 0 radical (unpaired) electrons. The third-order valence-electron chi connectivity index (χ3n) is 4.85. The van der Waals surface area contributed by atoms with E-state index in [0.29, 0.717) is 13.0 Å².